The zero-order valence-electron chi connectivity index (χ0n) is 10.3. The monoisotopic (exact) mass is 342 g/mol. The molecule has 102 valence electrons. The molecule has 0 bridgehead atoms. The Balaban J connectivity index is 1.84. The van der Waals surface area contributed by atoms with Crippen LogP contribution in [0.1, 0.15) is 6.42 Å². The van der Waals surface area contributed by atoms with Crippen LogP contribution in [0.4, 0.5) is 0 Å². The van der Waals surface area contributed by atoms with E-state index in [4.69, 9.17) is 5.73 Å². The van der Waals surface area contributed by atoms with E-state index in [9.17, 15) is 9.59 Å². The summed E-state index contributed by atoms with van der Waals surface area (Å²) in [4.78, 5) is 25.8. The molecule has 2 rings (SSSR count). The molecular formula is C13H15BrN2O2S. The quantitative estimate of drug-likeness (QED) is 0.849. The maximum Gasteiger partial charge on any atom is 0.232 e. The van der Waals surface area contributed by atoms with Crippen LogP contribution in [0.5, 0.6) is 0 Å². The Hall–Kier alpha value is -1.01. The van der Waals surface area contributed by atoms with Crippen molar-refractivity contribution in [2.24, 2.45) is 11.7 Å². The largest absolute Gasteiger partial charge is 0.369 e. The lowest BCUT2D eigenvalue weighted by Gasteiger charge is -2.15. The van der Waals surface area contributed by atoms with E-state index in [-0.39, 0.29) is 17.7 Å². The van der Waals surface area contributed by atoms with E-state index in [0.717, 1.165) is 9.37 Å². The molecule has 0 spiro atoms. The van der Waals surface area contributed by atoms with Gasteiger partial charge >= 0.3 is 0 Å². The molecule has 1 atom stereocenters. The molecule has 1 aromatic rings. The van der Waals surface area contributed by atoms with Gasteiger partial charge in [0, 0.05) is 22.5 Å². The summed E-state index contributed by atoms with van der Waals surface area (Å²) in [6.45, 7) is 1.10. The van der Waals surface area contributed by atoms with E-state index in [1.165, 1.54) is 11.8 Å². The third kappa shape index (κ3) is 3.98. The van der Waals surface area contributed by atoms with E-state index >= 15 is 0 Å². The number of carbonyl (C=O) groups is 2. The number of benzene rings is 1. The van der Waals surface area contributed by atoms with Crippen LogP contribution < -0.4 is 5.73 Å². The number of rotatable bonds is 4. The molecule has 1 aliphatic heterocycles. The van der Waals surface area contributed by atoms with Crippen molar-refractivity contribution in [3.8, 4) is 0 Å². The molecule has 1 aromatic carbocycles. The van der Waals surface area contributed by atoms with Crippen molar-refractivity contribution in [1.82, 2.24) is 4.90 Å². The van der Waals surface area contributed by atoms with E-state index in [2.05, 4.69) is 15.9 Å². The molecule has 0 saturated carbocycles. The standard InChI is InChI=1S/C13H15BrN2O2S/c14-10-2-1-3-11(6-10)19-8-12(17)16-5-4-9(7-16)13(15)18/h1-3,6,9H,4-5,7-8H2,(H2,15,18)/t9-/m0/s1. The highest BCUT2D eigenvalue weighted by Gasteiger charge is 2.29. The maximum atomic E-state index is 12.0. The third-order valence-electron chi connectivity index (χ3n) is 3.10. The molecule has 1 heterocycles. The number of thioether (sulfide) groups is 1. The lowest BCUT2D eigenvalue weighted by atomic mass is 10.1. The smallest absolute Gasteiger partial charge is 0.232 e. The van der Waals surface area contributed by atoms with Gasteiger partial charge in [-0.25, -0.2) is 0 Å². The summed E-state index contributed by atoms with van der Waals surface area (Å²) in [6.07, 6.45) is 0.683. The predicted octanol–water partition coefficient (Wildman–Crippen LogP) is 1.87. The lowest BCUT2D eigenvalue weighted by molar-refractivity contribution is -0.127. The second kappa shape index (κ2) is 6.43. The van der Waals surface area contributed by atoms with Crippen LogP contribution in [0.25, 0.3) is 0 Å². The van der Waals surface area contributed by atoms with Gasteiger partial charge in [-0.3, -0.25) is 9.59 Å². The molecule has 0 aromatic heterocycles. The van der Waals surface area contributed by atoms with Gasteiger partial charge in [0.1, 0.15) is 0 Å². The minimum atomic E-state index is -0.310. The number of hydrogen-bond donors (Lipinski definition) is 1. The van der Waals surface area contributed by atoms with Crippen molar-refractivity contribution in [2.75, 3.05) is 18.8 Å². The summed E-state index contributed by atoms with van der Waals surface area (Å²) in [5.41, 5.74) is 5.25. The molecule has 1 aliphatic rings. The van der Waals surface area contributed by atoms with Crippen LogP contribution in [-0.4, -0.2) is 35.6 Å². The van der Waals surface area contributed by atoms with Crippen molar-refractivity contribution in [3.05, 3.63) is 28.7 Å². The second-order valence-electron chi connectivity index (χ2n) is 4.47. The molecule has 0 unspecified atom stereocenters. The van der Waals surface area contributed by atoms with Crippen molar-refractivity contribution in [2.45, 2.75) is 11.3 Å². The molecule has 4 nitrogen and oxygen atoms in total. The van der Waals surface area contributed by atoms with Gasteiger partial charge < -0.3 is 10.6 Å². The van der Waals surface area contributed by atoms with E-state index in [0.29, 0.717) is 25.3 Å². The Kier molecular flexibility index (Phi) is 4.87. The Morgan fingerprint density at radius 3 is 2.89 bits per heavy atom. The first-order valence-corrected chi connectivity index (χ1v) is 7.79. The van der Waals surface area contributed by atoms with Crippen LogP contribution in [0.2, 0.25) is 0 Å². The van der Waals surface area contributed by atoms with Crippen LogP contribution in [0.3, 0.4) is 0 Å². The first kappa shape index (κ1) is 14.4. The van der Waals surface area contributed by atoms with Crippen LogP contribution in [-0.2, 0) is 9.59 Å². The maximum absolute atomic E-state index is 12.0. The number of amides is 2. The number of primary amides is 1. The van der Waals surface area contributed by atoms with E-state index < -0.39 is 0 Å². The number of hydrogen-bond acceptors (Lipinski definition) is 3. The average Bonchev–Trinajstić information content (AvgIpc) is 2.86. The van der Waals surface area contributed by atoms with Gasteiger partial charge in [0.2, 0.25) is 11.8 Å². The number of nitrogens with two attached hydrogens (primary N) is 1. The molecule has 0 radical (unpaired) electrons. The average molecular weight is 343 g/mol. The number of halogens is 1. The summed E-state index contributed by atoms with van der Waals surface area (Å²) in [5.74, 6) is -0.0365. The van der Waals surface area contributed by atoms with Crippen molar-refractivity contribution in [3.63, 3.8) is 0 Å². The Morgan fingerprint density at radius 1 is 1.47 bits per heavy atom. The molecule has 2 N–H and O–H groups in total. The number of likely N-dealkylation sites (tertiary alicyclic amines) is 1. The van der Waals surface area contributed by atoms with Gasteiger partial charge in [0.05, 0.1) is 11.7 Å². The van der Waals surface area contributed by atoms with Gasteiger partial charge in [-0.2, -0.15) is 0 Å². The predicted molar refractivity (Wildman–Crippen MR) is 78.7 cm³/mol. The fourth-order valence-electron chi connectivity index (χ4n) is 2.01. The minimum Gasteiger partial charge on any atom is -0.369 e. The van der Waals surface area contributed by atoms with Crippen molar-refractivity contribution < 1.29 is 9.59 Å². The number of nitrogens with zero attached hydrogens (tertiary/aromatic N) is 1. The lowest BCUT2D eigenvalue weighted by Crippen LogP contribution is -2.32. The molecule has 1 fully saturated rings. The topological polar surface area (TPSA) is 63.4 Å². The van der Waals surface area contributed by atoms with E-state index in [1.54, 1.807) is 4.90 Å². The number of carbonyl (C=O) groups excluding carboxylic acids is 2. The minimum absolute atomic E-state index is 0.0636. The van der Waals surface area contributed by atoms with Gasteiger partial charge in [-0.15, -0.1) is 11.8 Å². The highest BCUT2D eigenvalue weighted by atomic mass is 79.9. The Morgan fingerprint density at radius 2 is 2.26 bits per heavy atom. The molecule has 0 aliphatic carbocycles. The van der Waals surface area contributed by atoms with Crippen LogP contribution in [0.15, 0.2) is 33.6 Å². The first-order chi connectivity index (χ1) is 9.06. The van der Waals surface area contributed by atoms with Gasteiger partial charge in [-0.1, -0.05) is 22.0 Å². The normalized spacial score (nSPS) is 18.6. The van der Waals surface area contributed by atoms with Crippen LogP contribution >= 0.6 is 27.7 Å². The summed E-state index contributed by atoms with van der Waals surface area (Å²) in [7, 11) is 0. The summed E-state index contributed by atoms with van der Waals surface area (Å²) in [6, 6.07) is 7.84. The highest BCUT2D eigenvalue weighted by molar-refractivity contribution is 9.10. The molecule has 6 heteroatoms. The molecule has 1 saturated heterocycles. The zero-order chi connectivity index (χ0) is 13.8. The van der Waals surface area contributed by atoms with Gasteiger partial charge in [0.15, 0.2) is 0 Å². The van der Waals surface area contributed by atoms with Crippen molar-refractivity contribution in [1.29, 1.82) is 0 Å². The van der Waals surface area contributed by atoms with Crippen molar-refractivity contribution >= 4 is 39.5 Å². The van der Waals surface area contributed by atoms with E-state index in [1.807, 2.05) is 24.3 Å². The zero-order valence-corrected chi connectivity index (χ0v) is 12.7. The fourth-order valence-corrected chi connectivity index (χ4v) is 3.42. The summed E-state index contributed by atoms with van der Waals surface area (Å²) in [5, 5.41) is 0. The first-order valence-electron chi connectivity index (χ1n) is 6.01. The van der Waals surface area contributed by atoms with Gasteiger partial charge in [-0.05, 0) is 24.6 Å². The summed E-state index contributed by atoms with van der Waals surface area (Å²) >= 11 is 4.90. The SMILES string of the molecule is NC(=O)[C@H]1CCN(C(=O)CSc2cccc(Br)c2)C1. The molecular weight excluding hydrogens is 328 g/mol. The van der Waals surface area contributed by atoms with Crippen LogP contribution in [0, 0.1) is 5.92 Å². The fraction of sp³-hybridized carbons (Fsp3) is 0.385. The highest BCUT2D eigenvalue weighted by Crippen LogP contribution is 2.23. The molecule has 2 amide bonds. The summed E-state index contributed by atoms with van der Waals surface area (Å²) < 4.78 is 1.000. The Bertz CT molecular complexity index is 495. The van der Waals surface area contributed by atoms with Gasteiger partial charge in [0.25, 0.3) is 0 Å². The second-order valence-corrected chi connectivity index (χ2v) is 6.44. The third-order valence-corrected chi connectivity index (χ3v) is 4.57. The molecule has 19 heavy (non-hydrogen) atoms. The Labute approximate surface area is 124 Å².